The van der Waals surface area contributed by atoms with Gasteiger partial charge in [0.25, 0.3) is 0 Å². The van der Waals surface area contributed by atoms with Crippen molar-refractivity contribution < 1.29 is 0 Å². The Morgan fingerprint density at radius 2 is 1.73 bits per heavy atom. The molecular formula is C10H21N. The van der Waals surface area contributed by atoms with Crippen LogP contribution in [0.25, 0.3) is 0 Å². The summed E-state index contributed by atoms with van der Waals surface area (Å²) in [4.78, 5) is 0. The summed E-state index contributed by atoms with van der Waals surface area (Å²) >= 11 is 0. The normalized spacial score (nSPS) is 29.5. The number of rotatable bonds is 5. The van der Waals surface area contributed by atoms with E-state index in [9.17, 15) is 0 Å². The first-order chi connectivity index (χ1) is 5.29. The van der Waals surface area contributed by atoms with Crippen molar-refractivity contribution >= 4 is 0 Å². The van der Waals surface area contributed by atoms with Crippen molar-refractivity contribution in [1.29, 1.82) is 0 Å². The van der Waals surface area contributed by atoms with Gasteiger partial charge < -0.3 is 5.73 Å². The highest BCUT2D eigenvalue weighted by Crippen LogP contribution is 2.40. The average Bonchev–Trinajstić information content (AvgIpc) is 2.67. The lowest BCUT2D eigenvalue weighted by Gasteiger charge is -2.13. The van der Waals surface area contributed by atoms with E-state index in [1.54, 1.807) is 0 Å². The first kappa shape index (κ1) is 9.05. The fraction of sp³-hybridized carbons (Fsp3) is 1.00. The van der Waals surface area contributed by atoms with E-state index >= 15 is 0 Å². The van der Waals surface area contributed by atoms with E-state index in [0.29, 0.717) is 6.04 Å². The lowest BCUT2D eigenvalue weighted by molar-refractivity contribution is 0.384. The molecule has 0 heterocycles. The molecule has 0 saturated heterocycles. The smallest absolute Gasteiger partial charge is 0.00737 e. The largest absolute Gasteiger partial charge is 0.327 e. The van der Waals surface area contributed by atoms with E-state index < -0.39 is 0 Å². The van der Waals surface area contributed by atoms with E-state index in [-0.39, 0.29) is 0 Å². The van der Waals surface area contributed by atoms with Gasteiger partial charge in [0.15, 0.2) is 0 Å². The minimum Gasteiger partial charge on any atom is -0.327 e. The van der Waals surface area contributed by atoms with Gasteiger partial charge in [0.05, 0.1) is 0 Å². The third kappa shape index (κ3) is 2.48. The highest BCUT2D eigenvalue weighted by molar-refractivity contribution is 4.94. The van der Waals surface area contributed by atoms with Gasteiger partial charge in [-0.25, -0.2) is 0 Å². The maximum atomic E-state index is 5.83. The molecule has 2 N–H and O–H groups in total. The highest BCUT2D eigenvalue weighted by atomic mass is 14.7. The summed E-state index contributed by atoms with van der Waals surface area (Å²) in [5.74, 6) is 1.83. The second-order valence-electron chi connectivity index (χ2n) is 3.90. The summed E-state index contributed by atoms with van der Waals surface area (Å²) < 4.78 is 0. The summed E-state index contributed by atoms with van der Waals surface area (Å²) in [6.45, 7) is 4.55. The zero-order valence-electron chi connectivity index (χ0n) is 7.84. The van der Waals surface area contributed by atoms with E-state index in [4.69, 9.17) is 5.73 Å². The summed E-state index contributed by atoms with van der Waals surface area (Å²) in [6.07, 6.45) is 6.74. The quantitative estimate of drug-likeness (QED) is 0.648. The molecule has 1 rings (SSSR count). The van der Waals surface area contributed by atoms with Crippen LogP contribution in [-0.4, -0.2) is 6.04 Å². The van der Waals surface area contributed by atoms with Gasteiger partial charge >= 0.3 is 0 Å². The molecule has 1 saturated carbocycles. The first-order valence-electron chi connectivity index (χ1n) is 5.05. The molecule has 1 aliphatic rings. The minimum atomic E-state index is 0.554. The van der Waals surface area contributed by atoms with Gasteiger partial charge in [0.2, 0.25) is 0 Å². The van der Waals surface area contributed by atoms with Crippen LogP contribution in [0.2, 0.25) is 0 Å². The average molecular weight is 155 g/mol. The van der Waals surface area contributed by atoms with Gasteiger partial charge in [-0.15, -0.1) is 0 Å². The third-order valence-electron chi connectivity index (χ3n) is 2.82. The Kier molecular flexibility index (Phi) is 3.38. The first-order valence-corrected chi connectivity index (χ1v) is 5.05. The number of nitrogens with two attached hydrogens (primary N) is 1. The van der Waals surface area contributed by atoms with Crippen molar-refractivity contribution in [3.05, 3.63) is 0 Å². The molecule has 2 unspecified atom stereocenters. The highest BCUT2D eigenvalue weighted by Gasteiger charge is 2.38. The Balaban J connectivity index is 2.22. The van der Waals surface area contributed by atoms with Crippen molar-refractivity contribution in [3.63, 3.8) is 0 Å². The molecule has 0 bridgehead atoms. The van der Waals surface area contributed by atoms with E-state index in [0.717, 1.165) is 11.8 Å². The van der Waals surface area contributed by atoms with Gasteiger partial charge in [0, 0.05) is 6.04 Å². The molecule has 0 amide bonds. The molecule has 0 spiro atoms. The third-order valence-corrected chi connectivity index (χ3v) is 2.82. The van der Waals surface area contributed by atoms with Gasteiger partial charge in [0.1, 0.15) is 0 Å². The second kappa shape index (κ2) is 4.10. The Labute approximate surface area is 70.4 Å². The molecule has 1 heteroatoms. The SMILES string of the molecule is CCCC(CCC)C1CC1N. The Morgan fingerprint density at radius 1 is 1.27 bits per heavy atom. The topological polar surface area (TPSA) is 26.0 Å². The van der Waals surface area contributed by atoms with E-state index in [1.165, 1.54) is 32.1 Å². The Morgan fingerprint density at radius 3 is 2.00 bits per heavy atom. The number of hydrogen-bond acceptors (Lipinski definition) is 1. The van der Waals surface area contributed by atoms with Crippen LogP contribution in [0.5, 0.6) is 0 Å². The van der Waals surface area contributed by atoms with Crippen LogP contribution >= 0.6 is 0 Å². The zero-order valence-corrected chi connectivity index (χ0v) is 7.84. The monoisotopic (exact) mass is 155 g/mol. The Hall–Kier alpha value is -0.0400. The fourth-order valence-electron chi connectivity index (χ4n) is 2.09. The van der Waals surface area contributed by atoms with Gasteiger partial charge in [-0.2, -0.15) is 0 Å². The van der Waals surface area contributed by atoms with Crippen LogP contribution in [0.4, 0.5) is 0 Å². The minimum absolute atomic E-state index is 0.554. The molecular weight excluding hydrogens is 134 g/mol. The fourth-order valence-corrected chi connectivity index (χ4v) is 2.09. The van der Waals surface area contributed by atoms with Crippen molar-refractivity contribution in [1.82, 2.24) is 0 Å². The standard InChI is InChI=1S/C10H21N/c1-3-5-8(6-4-2)9-7-10(9)11/h8-10H,3-7,11H2,1-2H3. The molecule has 11 heavy (non-hydrogen) atoms. The van der Waals surface area contributed by atoms with E-state index in [1.807, 2.05) is 0 Å². The maximum absolute atomic E-state index is 5.83. The summed E-state index contributed by atoms with van der Waals surface area (Å²) in [7, 11) is 0. The van der Waals surface area contributed by atoms with Crippen LogP contribution in [0.3, 0.4) is 0 Å². The summed E-state index contributed by atoms with van der Waals surface area (Å²) in [5, 5.41) is 0. The van der Waals surface area contributed by atoms with Crippen molar-refractivity contribution in [2.24, 2.45) is 17.6 Å². The van der Waals surface area contributed by atoms with Crippen molar-refractivity contribution in [3.8, 4) is 0 Å². The molecule has 0 aromatic carbocycles. The van der Waals surface area contributed by atoms with Crippen LogP contribution < -0.4 is 5.73 Å². The van der Waals surface area contributed by atoms with E-state index in [2.05, 4.69) is 13.8 Å². The predicted octanol–water partition coefficient (Wildman–Crippen LogP) is 2.55. The van der Waals surface area contributed by atoms with Crippen molar-refractivity contribution in [2.45, 2.75) is 52.0 Å². The van der Waals surface area contributed by atoms with Crippen molar-refractivity contribution in [2.75, 3.05) is 0 Å². The van der Waals surface area contributed by atoms with Gasteiger partial charge in [-0.3, -0.25) is 0 Å². The summed E-state index contributed by atoms with van der Waals surface area (Å²) in [6, 6.07) is 0.554. The van der Waals surface area contributed by atoms with Crippen LogP contribution in [0, 0.1) is 11.8 Å². The molecule has 1 aliphatic carbocycles. The Bertz CT molecular complexity index is 105. The molecule has 0 aromatic rings. The van der Waals surface area contributed by atoms with Gasteiger partial charge in [-0.1, -0.05) is 39.5 Å². The molecule has 1 fully saturated rings. The lowest BCUT2D eigenvalue weighted by Crippen LogP contribution is -2.10. The molecule has 0 aromatic heterocycles. The zero-order chi connectivity index (χ0) is 8.27. The molecule has 0 aliphatic heterocycles. The molecule has 1 nitrogen and oxygen atoms in total. The summed E-state index contributed by atoms with van der Waals surface area (Å²) in [5.41, 5.74) is 5.83. The predicted molar refractivity (Wildman–Crippen MR) is 49.4 cm³/mol. The molecule has 0 radical (unpaired) electrons. The number of hydrogen-bond donors (Lipinski definition) is 1. The maximum Gasteiger partial charge on any atom is 0.00737 e. The molecule has 2 atom stereocenters. The second-order valence-corrected chi connectivity index (χ2v) is 3.90. The van der Waals surface area contributed by atoms with Crippen LogP contribution in [0.15, 0.2) is 0 Å². The van der Waals surface area contributed by atoms with Crippen LogP contribution in [0.1, 0.15) is 46.0 Å². The van der Waals surface area contributed by atoms with Gasteiger partial charge in [-0.05, 0) is 18.3 Å². The van der Waals surface area contributed by atoms with Crippen LogP contribution in [-0.2, 0) is 0 Å². The lowest BCUT2D eigenvalue weighted by atomic mass is 9.93. The molecule has 66 valence electrons.